The Morgan fingerprint density at radius 1 is 0.764 bits per heavy atom. The number of rotatable bonds is 10. The molecule has 9 rings (SSSR count). The zero-order valence-corrected chi connectivity index (χ0v) is 32.0. The van der Waals surface area contributed by atoms with Crippen LogP contribution in [-0.4, -0.2) is 145 Å². The Balaban J connectivity index is 0.682. The first-order chi connectivity index (χ1) is 26.8. The van der Waals surface area contributed by atoms with Gasteiger partial charge in [-0.1, -0.05) is 0 Å². The van der Waals surface area contributed by atoms with Crippen LogP contribution >= 0.6 is 11.3 Å². The van der Waals surface area contributed by atoms with Gasteiger partial charge in [0.2, 0.25) is 0 Å². The molecule has 0 spiro atoms. The van der Waals surface area contributed by atoms with E-state index in [1.165, 1.54) is 5.69 Å². The third-order valence-corrected chi connectivity index (χ3v) is 13.1. The number of ether oxygens (including phenoxy) is 2. The predicted octanol–water partition coefficient (Wildman–Crippen LogP) is 3.45. The van der Waals surface area contributed by atoms with Crippen molar-refractivity contribution in [3.8, 4) is 16.3 Å². The zero-order valence-electron chi connectivity index (χ0n) is 31.2. The average molecular weight is 768 g/mol. The first-order valence-corrected chi connectivity index (χ1v) is 20.4. The minimum atomic E-state index is -1.16. The van der Waals surface area contributed by atoms with Gasteiger partial charge < -0.3 is 34.4 Å². The molecule has 3 N–H and O–H groups in total. The first-order valence-electron chi connectivity index (χ1n) is 19.6. The Hall–Kier alpha value is -4.15. The number of aromatic nitrogens is 1. The number of imide groups is 1. The molecule has 14 heteroatoms. The van der Waals surface area contributed by atoms with E-state index in [0.717, 1.165) is 115 Å². The van der Waals surface area contributed by atoms with Gasteiger partial charge in [0, 0.05) is 82.4 Å². The molecule has 290 valence electrons. The lowest BCUT2D eigenvalue weighted by atomic mass is 10.0. The van der Waals surface area contributed by atoms with Gasteiger partial charge in [-0.05, 0) is 86.3 Å². The van der Waals surface area contributed by atoms with Crippen molar-refractivity contribution in [2.45, 2.75) is 56.4 Å². The SMILES string of the molecule is COc1ccc2nc(-c3ccc(N4CC(OC5CCN(CCN6CCN(c7ccc8c(c7)C(=O)N(C7CCC(O)NC7O)C8=O)CC6)CC5)C4)cc3)sc2c1. The minimum Gasteiger partial charge on any atom is -0.497 e. The van der Waals surface area contributed by atoms with Crippen LogP contribution in [0.3, 0.4) is 0 Å². The number of anilines is 2. The van der Waals surface area contributed by atoms with Crippen LogP contribution in [0.4, 0.5) is 11.4 Å². The summed E-state index contributed by atoms with van der Waals surface area (Å²) in [4.78, 5) is 42.2. The van der Waals surface area contributed by atoms with Crippen molar-refractivity contribution in [3.63, 3.8) is 0 Å². The average Bonchev–Trinajstić information content (AvgIpc) is 3.73. The van der Waals surface area contributed by atoms with Crippen molar-refractivity contribution in [1.82, 2.24) is 25.0 Å². The molecule has 55 heavy (non-hydrogen) atoms. The van der Waals surface area contributed by atoms with Crippen LogP contribution in [-0.2, 0) is 4.74 Å². The molecular formula is C41H49N7O6S. The number of hydrogen-bond donors (Lipinski definition) is 3. The number of likely N-dealkylation sites (tertiary alicyclic amines) is 1. The van der Waals surface area contributed by atoms with Crippen LogP contribution in [0.15, 0.2) is 60.7 Å². The molecule has 4 fully saturated rings. The van der Waals surface area contributed by atoms with E-state index in [-0.39, 0.29) is 17.9 Å². The highest BCUT2D eigenvalue weighted by Gasteiger charge is 2.44. The van der Waals surface area contributed by atoms with Gasteiger partial charge in [-0.3, -0.25) is 24.7 Å². The highest BCUT2D eigenvalue weighted by molar-refractivity contribution is 7.21. The Labute approximate surface area is 325 Å². The third-order valence-electron chi connectivity index (χ3n) is 12.0. The van der Waals surface area contributed by atoms with E-state index in [9.17, 15) is 19.8 Å². The van der Waals surface area contributed by atoms with Gasteiger partial charge in [0.1, 0.15) is 23.2 Å². The fourth-order valence-electron chi connectivity index (χ4n) is 8.65. The standard InChI is InChI=1S/C41H49N7O6S/c1-53-30-7-9-34-36(23-30)55-39(42-34)26-2-4-27(5-3-26)47-24-31(25-47)54-29-12-14-44(15-13-29)16-17-45-18-20-46(21-19-45)28-6-8-32-33(22-28)41(52)48(40(32)51)35-10-11-37(49)43-38(35)50/h2-9,22-23,29,31,35,37-38,43,49-50H,10-21,24-25H2,1H3. The summed E-state index contributed by atoms with van der Waals surface area (Å²) in [5, 5.41) is 23.9. The van der Waals surface area contributed by atoms with Crippen LogP contribution < -0.4 is 19.9 Å². The molecule has 4 aromatic rings. The molecule has 2 amide bonds. The van der Waals surface area contributed by atoms with Gasteiger partial charge in [-0.2, -0.15) is 0 Å². The summed E-state index contributed by atoms with van der Waals surface area (Å²) < 4.78 is 13.0. The number of piperidine rings is 2. The Morgan fingerprint density at radius 2 is 1.47 bits per heavy atom. The zero-order chi connectivity index (χ0) is 37.6. The summed E-state index contributed by atoms with van der Waals surface area (Å²) in [6.45, 7) is 9.65. The number of aliphatic hydroxyl groups is 2. The molecule has 13 nitrogen and oxygen atoms in total. The Kier molecular flexibility index (Phi) is 10.2. The third kappa shape index (κ3) is 7.44. The molecule has 0 bridgehead atoms. The maximum atomic E-state index is 13.4. The van der Waals surface area contributed by atoms with Crippen molar-refractivity contribution in [3.05, 3.63) is 71.8 Å². The molecule has 0 aliphatic carbocycles. The minimum absolute atomic E-state index is 0.284. The van der Waals surface area contributed by atoms with Crippen molar-refractivity contribution in [2.75, 3.05) is 82.4 Å². The number of benzene rings is 3. The van der Waals surface area contributed by atoms with E-state index in [1.54, 1.807) is 24.5 Å². The molecule has 3 unspecified atom stereocenters. The van der Waals surface area contributed by atoms with Gasteiger partial charge >= 0.3 is 0 Å². The van der Waals surface area contributed by atoms with Crippen molar-refractivity contribution >= 4 is 44.7 Å². The number of carbonyl (C=O) groups excluding carboxylic acids is 2. The lowest BCUT2D eigenvalue weighted by Crippen LogP contribution is -2.58. The van der Waals surface area contributed by atoms with Crippen LogP contribution in [0.1, 0.15) is 46.4 Å². The van der Waals surface area contributed by atoms with Gasteiger partial charge in [-0.25, -0.2) is 4.98 Å². The molecule has 3 aromatic carbocycles. The van der Waals surface area contributed by atoms with E-state index in [1.807, 2.05) is 30.3 Å². The topological polar surface area (TPSA) is 134 Å². The van der Waals surface area contributed by atoms with Gasteiger partial charge in [0.25, 0.3) is 11.8 Å². The summed E-state index contributed by atoms with van der Waals surface area (Å²) in [6, 6.07) is 19.5. The number of fused-ring (bicyclic) bond motifs is 2. The summed E-state index contributed by atoms with van der Waals surface area (Å²) in [7, 11) is 1.69. The van der Waals surface area contributed by atoms with Crippen molar-refractivity contribution in [1.29, 1.82) is 0 Å². The second kappa shape index (κ2) is 15.4. The molecular weight excluding hydrogens is 719 g/mol. The smallest absolute Gasteiger partial charge is 0.262 e. The Morgan fingerprint density at radius 3 is 2.20 bits per heavy atom. The number of thiazole rings is 1. The second-order valence-corrected chi connectivity index (χ2v) is 16.4. The Bertz CT molecular complexity index is 2020. The summed E-state index contributed by atoms with van der Waals surface area (Å²) >= 11 is 1.69. The highest BCUT2D eigenvalue weighted by Crippen LogP contribution is 2.35. The van der Waals surface area contributed by atoms with E-state index in [0.29, 0.717) is 30.1 Å². The lowest BCUT2D eigenvalue weighted by molar-refractivity contribution is -0.0532. The second-order valence-electron chi connectivity index (χ2n) is 15.4. The van der Waals surface area contributed by atoms with Crippen LogP contribution in [0, 0.1) is 0 Å². The van der Waals surface area contributed by atoms with Gasteiger partial charge in [-0.15, -0.1) is 11.3 Å². The number of aliphatic hydroxyl groups excluding tert-OH is 2. The molecule has 5 aliphatic rings. The van der Waals surface area contributed by atoms with Crippen molar-refractivity contribution in [2.24, 2.45) is 0 Å². The monoisotopic (exact) mass is 767 g/mol. The highest BCUT2D eigenvalue weighted by atomic mass is 32.1. The summed E-state index contributed by atoms with van der Waals surface area (Å²) in [5.41, 5.74) is 5.06. The number of nitrogens with one attached hydrogen (secondary N) is 1. The number of nitrogens with zero attached hydrogens (tertiary/aromatic N) is 6. The van der Waals surface area contributed by atoms with Gasteiger partial charge in [0.15, 0.2) is 0 Å². The van der Waals surface area contributed by atoms with E-state index < -0.39 is 18.5 Å². The van der Waals surface area contributed by atoms with Crippen LogP contribution in [0.5, 0.6) is 5.75 Å². The van der Waals surface area contributed by atoms with Gasteiger partial charge in [0.05, 0.1) is 46.7 Å². The quantitative estimate of drug-likeness (QED) is 0.204. The molecule has 0 saturated carbocycles. The molecule has 3 atom stereocenters. The molecule has 6 heterocycles. The summed E-state index contributed by atoms with van der Waals surface area (Å²) in [5.74, 6) is 0.0908. The molecule has 4 saturated heterocycles. The van der Waals surface area contributed by atoms with Crippen molar-refractivity contribution < 1.29 is 29.3 Å². The fourth-order valence-corrected chi connectivity index (χ4v) is 9.65. The first kappa shape index (κ1) is 36.5. The molecule has 0 radical (unpaired) electrons. The molecule has 5 aliphatic heterocycles. The normalized spacial score (nSPS) is 24.5. The predicted molar refractivity (Wildman–Crippen MR) is 212 cm³/mol. The fraction of sp³-hybridized carbons (Fsp3) is 0.488. The molecule has 1 aromatic heterocycles. The number of amides is 2. The number of piperazine rings is 1. The summed E-state index contributed by atoms with van der Waals surface area (Å²) in [6.07, 6.45) is 1.46. The maximum Gasteiger partial charge on any atom is 0.262 e. The largest absolute Gasteiger partial charge is 0.497 e. The number of hydrogen-bond acceptors (Lipinski definition) is 13. The maximum absolute atomic E-state index is 13.4. The number of methoxy groups -OCH3 is 1. The van der Waals surface area contributed by atoms with E-state index in [2.05, 4.69) is 49.2 Å². The van der Waals surface area contributed by atoms with E-state index >= 15 is 0 Å². The lowest BCUT2D eigenvalue weighted by Gasteiger charge is -2.44. The van der Waals surface area contributed by atoms with Crippen LogP contribution in [0.25, 0.3) is 20.8 Å². The number of carbonyl (C=O) groups is 2. The van der Waals surface area contributed by atoms with Crippen LogP contribution in [0.2, 0.25) is 0 Å². The van der Waals surface area contributed by atoms with E-state index in [4.69, 9.17) is 14.5 Å².